The molecule has 176 valence electrons. The molecule has 1 atom stereocenters. The highest BCUT2D eigenvalue weighted by Crippen LogP contribution is 2.39. The molecule has 0 radical (unpaired) electrons. The second-order valence-electron chi connectivity index (χ2n) is 7.87. The van der Waals surface area contributed by atoms with Gasteiger partial charge in [-0.25, -0.2) is 0 Å². The second-order valence-corrected chi connectivity index (χ2v) is 9.26. The number of ether oxygens (including phenoxy) is 2. The van der Waals surface area contributed by atoms with Crippen LogP contribution < -0.4 is 4.74 Å². The van der Waals surface area contributed by atoms with E-state index in [0.29, 0.717) is 18.4 Å². The molecule has 1 unspecified atom stereocenters. The van der Waals surface area contributed by atoms with Crippen molar-refractivity contribution in [1.82, 2.24) is 15.1 Å². The molecule has 0 saturated carbocycles. The van der Waals surface area contributed by atoms with E-state index in [1.165, 1.54) is 0 Å². The van der Waals surface area contributed by atoms with E-state index in [1.54, 1.807) is 23.9 Å². The van der Waals surface area contributed by atoms with Crippen LogP contribution in [0.25, 0.3) is 11.5 Å². The Labute approximate surface area is 199 Å². The molecule has 7 nitrogen and oxygen atoms in total. The van der Waals surface area contributed by atoms with E-state index in [-0.39, 0.29) is 11.0 Å². The Hall–Kier alpha value is -2.55. The van der Waals surface area contributed by atoms with E-state index < -0.39 is 0 Å². The van der Waals surface area contributed by atoms with Gasteiger partial charge in [-0.15, -0.1) is 22.0 Å². The summed E-state index contributed by atoms with van der Waals surface area (Å²) in [6, 6.07) is 15.0. The van der Waals surface area contributed by atoms with Crippen LogP contribution >= 0.6 is 11.8 Å². The number of unbranched alkanes of at least 4 members (excludes halogenated alkanes) is 1. The zero-order valence-corrected chi connectivity index (χ0v) is 19.8. The van der Waals surface area contributed by atoms with Gasteiger partial charge in [0.05, 0.1) is 19.8 Å². The maximum Gasteiger partial charge on any atom is 0.247 e. The number of para-hydroxylation sites is 1. The Kier molecular flexibility index (Phi) is 8.63. The molecule has 1 aromatic heterocycles. The Bertz CT molecular complexity index is 989. The SMILES string of the molecule is CCSC(c1nnc(-c2ccc(OCCCCN3CCOCC3)cc2)o1)c1ccccc1O. The summed E-state index contributed by atoms with van der Waals surface area (Å²) in [5, 5.41) is 18.6. The third kappa shape index (κ3) is 6.50. The first-order valence-electron chi connectivity index (χ1n) is 11.5. The first-order chi connectivity index (χ1) is 16.2. The number of aromatic hydroxyl groups is 1. The van der Waals surface area contributed by atoms with Crippen molar-refractivity contribution in [2.75, 3.05) is 45.2 Å². The maximum atomic E-state index is 10.3. The fourth-order valence-corrected chi connectivity index (χ4v) is 4.72. The monoisotopic (exact) mass is 469 g/mol. The van der Waals surface area contributed by atoms with Crippen molar-refractivity contribution in [2.24, 2.45) is 0 Å². The molecule has 0 aliphatic carbocycles. The first kappa shape index (κ1) is 23.6. The van der Waals surface area contributed by atoms with E-state index in [1.807, 2.05) is 36.4 Å². The van der Waals surface area contributed by atoms with Crippen LogP contribution in [0.5, 0.6) is 11.5 Å². The largest absolute Gasteiger partial charge is 0.508 e. The van der Waals surface area contributed by atoms with Crippen LogP contribution in [-0.4, -0.2) is 65.4 Å². The Morgan fingerprint density at radius 2 is 1.85 bits per heavy atom. The number of hydrogen-bond donors (Lipinski definition) is 1. The van der Waals surface area contributed by atoms with Crippen LogP contribution in [0.1, 0.15) is 36.5 Å². The van der Waals surface area contributed by atoms with Crippen LogP contribution in [0, 0.1) is 0 Å². The number of nitrogens with zero attached hydrogens (tertiary/aromatic N) is 3. The second kappa shape index (κ2) is 12.1. The summed E-state index contributed by atoms with van der Waals surface area (Å²) < 4.78 is 17.3. The van der Waals surface area contributed by atoms with Gasteiger partial charge < -0.3 is 19.0 Å². The smallest absolute Gasteiger partial charge is 0.247 e. The third-order valence-corrected chi connectivity index (χ3v) is 6.68. The number of benzene rings is 2. The van der Waals surface area contributed by atoms with E-state index in [9.17, 15) is 5.11 Å². The Morgan fingerprint density at radius 1 is 1.06 bits per heavy atom. The summed E-state index contributed by atoms with van der Waals surface area (Å²) in [4.78, 5) is 2.44. The molecule has 1 aliphatic heterocycles. The number of morpholine rings is 1. The molecule has 33 heavy (non-hydrogen) atoms. The minimum atomic E-state index is -0.211. The molecule has 3 aromatic rings. The van der Waals surface area contributed by atoms with Gasteiger partial charge in [0.2, 0.25) is 11.8 Å². The van der Waals surface area contributed by atoms with Crippen LogP contribution in [0.15, 0.2) is 52.9 Å². The molecule has 1 fully saturated rings. The summed E-state index contributed by atoms with van der Waals surface area (Å²) in [6.07, 6.45) is 2.14. The van der Waals surface area contributed by atoms with Crippen LogP contribution in [0.3, 0.4) is 0 Å². The molecule has 2 heterocycles. The van der Waals surface area contributed by atoms with Gasteiger partial charge in [-0.3, -0.25) is 4.90 Å². The topological polar surface area (TPSA) is 80.9 Å². The number of thioether (sulfide) groups is 1. The molecule has 1 saturated heterocycles. The number of hydrogen-bond acceptors (Lipinski definition) is 8. The number of rotatable bonds is 11. The number of phenolic OH excluding ortho intramolecular Hbond substituents is 1. The van der Waals surface area contributed by atoms with Crippen molar-refractivity contribution in [3.63, 3.8) is 0 Å². The lowest BCUT2D eigenvalue weighted by atomic mass is 10.1. The van der Waals surface area contributed by atoms with Crippen molar-refractivity contribution in [3.05, 3.63) is 60.0 Å². The molecule has 4 rings (SSSR count). The van der Waals surface area contributed by atoms with Gasteiger partial charge in [0.15, 0.2) is 0 Å². The highest BCUT2D eigenvalue weighted by atomic mass is 32.2. The summed E-state index contributed by atoms with van der Waals surface area (Å²) >= 11 is 1.64. The van der Waals surface area contributed by atoms with Gasteiger partial charge in [0.25, 0.3) is 0 Å². The van der Waals surface area contributed by atoms with Gasteiger partial charge in [-0.05, 0) is 55.5 Å². The predicted octanol–water partition coefficient (Wildman–Crippen LogP) is 4.78. The Morgan fingerprint density at radius 3 is 2.61 bits per heavy atom. The molecule has 0 spiro atoms. The molecule has 2 aromatic carbocycles. The molecular weight excluding hydrogens is 438 g/mol. The molecule has 0 amide bonds. The average molecular weight is 470 g/mol. The lowest BCUT2D eigenvalue weighted by Gasteiger charge is -2.26. The van der Waals surface area contributed by atoms with Gasteiger partial charge in [0.1, 0.15) is 16.7 Å². The molecular formula is C25H31N3O4S. The average Bonchev–Trinajstić information content (AvgIpc) is 3.34. The highest BCUT2D eigenvalue weighted by Gasteiger charge is 2.24. The van der Waals surface area contributed by atoms with Gasteiger partial charge in [0, 0.05) is 24.2 Å². The van der Waals surface area contributed by atoms with Gasteiger partial charge >= 0.3 is 0 Å². The zero-order valence-electron chi connectivity index (χ0n) is 19.0. The molecule has 1 N–H and O–H groups in total. The van der Waals surface area contributed by atoms with Crippen molar-refractivity contribution in [1.29, 1.82) is 0 Å². The van der Waals surface area contributed by atoms with Crippen LogP contribution in [0.2, 0.25) is 0 Å². The van der Waals surface area contributed by atoms with Gasteiger partial charge in [-0.2, -0.15) is 0 Å². The lowest BCUT2D eigenvalue weighted by Crippen LogP contribution is -2.36. The van der Waals surface area contributed by atoms with E-state index in [2.05, 4.69) is 22.0 Å². The lowest BCUT2D eigenvalue weighted by molar-refractivity contribution is 0.0368. The number of aromatic nitrogens is 2. The summed E-state index contributed by atoms with van der Waals surface area (Å²) in [5.74, 6) is 2.86. The number of phenols is 1. The summed E-state index contributed by atoms with van der Waals surface area (Å²) in [6.45, 7) is 7.62. The van der Waals surface area contributed by atoms with Crippen molar-refractivity contribution >= 4 is 11.8 Å². The van der Waals surface area contributed by atoms with Crippen molar-refractivity contribution < 1.29 is 19.0 Å². The van der Waals surface area contributed by atoms with E-state index >= 15 is 0 Å². The fourth-order valence-electron chi connectivity index (χ4n) is 3.77. The van der Waals surface area contributed by atoms with E-state index in [0.717, 1.165) is 68.3 Å². The minimum absolute atomic E-state index is 0.211. The van der Waals surface area contributed by atoms with Crippen LogP contribution in [0.4, 0.5) is 0 Å². The predicted molar refractivity (Wildman–Crippen MR) is 130 cm³/mol. The fraction of sp³-hybridized carbons (Fsp3) is 0.440. The zero-order chi connectivity index (χ0) is 22.9. The summed E-state index contributed by atoms with van der Waals surface area (Å²) in [5.41, 5.74) is 1.61. The molecule has 0 bridgehead atoms. The quantitative estimate of drug-likeness (QED) is 0.402. The normalized spacial score (nSPS) is 15.4. The first-order valence-corrected chi connectivity index (χ1v) is 12.6. The maximum absolute atomic E-state index is 10.3. The van der Waals surface area contributed by atoms with Crippen LogP contribution in [-0.2, 0) is 4.74 Å². The van der Waals surface area contributed by atoms with Crippen molar-refractivity contribution in [2.45, 2.75) is 25.0 Å². The van der Waals surface area contributed by atoms with Crippen molar-refractivity contribution in [3.8, 4) is 23.0 Å². The van der Waals surface area contributed by atoms with E-state index in [4.69, 9.17) is 13.9 Å². The summed E-state index contributed by atoms with van der Waals surface area (Å²) in [7, 11) is 0. The Balaban J connectivity index is 1.31. The van der Waals surface area contributed by atoms with Gasteiger partial charge in [-0.1, -0.05) is 25.1 Å². The molecule has 1 aliphatic rings. The molecule has 8 heteroatoms. The third-order valence-electron chi connectivity index (χ3n) is 5.56. The standard InChI is InChI=1S/C25H31N3O4S/c1-2-33-23(21-7-3-4-8-22(21)29)25-27-26-24(32-25)19-9-11-20(12-10-19)31-16-6-5-13-28-14-17-30-18-15-28/h3-4,7-12,23,29H,2,5-6,13-18H2,1H3. The highest BCUT2D eigenvalue weighted by molar-refractivity contribution is 7.99. The minimum Gasteiger partial charge on any atom is -0.508 e.